The van der Waals surface area contributed by atoms with Crippen molar-refractivity contribution in [3.63, 3.8) is 0 Å². The molecule has 9 heteroatoms. The fraction of sp³-hybridized carbons (Fsp3) is 0.571. The Labute approximate surface area is 138 Å². The molecule has 0 spiro atoms. The lowest BCUT2D eigenvalue weighted by atomic mass is 10.2. The number of piperazine rings is 1. The van der Waals surface area contributed by atoms with Gasteiger partial charge in [0.25, 0.3) is 0 Å². The number of nitrogens with one attached hydrogen (secondary N) is 1. The first-order valence-corrected chi connectivity index (χ1v) is 8.34. The van der Waals surface area contributed by atoms with E-state index in [9.17, 15) is 4.79 Å². The van der Waals surface area contributed by atoms with Crippen LogP contribution in [0.25, 0.3) is 0 Å². The van der Waals surface area contributed by atoms with Crippen molar-refractivity contribution in [1.82, 2.24) is 19.4 Å². The van der Waals surface area contributed by atoms with Crippen LogP contribution in [0.1, 0.15) is 18.4 Å². The van der Waals surface area contributed by atoms with Gasteiger partial charge in [-0.1, -0.05) is 5.16 Å². The molecule has 1 aliphatic heterocycles. The molecule has 2 aromatic rings. The minimum atomic E-state index is -0.223. The van der Waals surface area contributed by atoms with Crippen LogP contribution in [0, 0.1) is 13.8 Å². The van der Waals surface area contributed by atoms with Crippen molar-refractivity contribution in [1.29, 1.82) is 0 Å². The molecule has 1 aliphatic rings. The summed E-state index contributed by atoms with van der Waals surface area (Å²) in [6.07, 6.45) is 0. The lowest BCUT2D eigenvalue weighted by Gasteiger charge is -2.36. The van der Waals surface area contributed by atoms with Crippen LogP contribution >= 0.6 is 11.5 Å². The maximum atomic E-state index is 12.3. The highest BCUT2D eigenvalue weighted by molar-refractivity contribution is 7.09. The van der Waals surface area contributed by atoms with Gasteiger partial charge in [-0.25, -0.2) is 4.98 Å². The van der Waals surface area contributed by atoms with Gasteiger partial charge in [0.2, 0.25) is 16.9 Å². The van der Waals surface area contributed by atoms with E-state index in [-0.39, 0.29) is 11.9 Å². The standard InChI is InChI=1S/C14H20N6O2S/c1-9-8-12(22-17-9)16-13(21)10(2)19-4-6-20(7-5-19)14-15-11(3)18-23-14/h8,10H,4-7H2,1-3H3,(H,16,21)/t10-/m1/s1. The predicted octanol–water partition coefficient (Wildman–Crippen LogP) is 1.29. The van der Waals surface area contributed by atoms with E-state index in [4.69, 9.17) is 4.52 Å². The van der Waals surface area contributed by atoms with Crippen molar-refractivity contribution in [3.8, 4) is 0 Å². The summed E-state index contributed by atoms with van der Waals surface area (Å²) in [4.78, 5) is 21.1. The number of hydrogen-bond acceptors (Lipinski definition) is 8. The zero-order valence-corrected chi connectivity index (χ0v) is 14.3. The molecule has 3 rings (SSSR count). The molecule has 0 saturated carbocycles. The van der Waals surface area contributed by atoms with Crippen LogP contribution in [-0.4, -0.2) is 57.5 Å². The SMILES string of the molecule is Cc1cc(NC(=O)[C@@H](C)N2CCN(c3nc(C)ns3)CC2)on1. The summed E-state index contributed by atoms with van der Waals surface area (Å²) in [5.74, 6) is 1.12. The lowest BCUT2D eigenvalue weighted by molar-refractivity contribution is -0.121. The molecular formula is C14H20N6O2S. The molecule has 0 bridgehead atoms. The fourth-order valence-corrected chi connectivity index (χ4v) is 3.25. The van der Waals surface area contributed by atoms with Crippen molar-refractivity contribution < 1.29 is 9.32 Å². The molecule has 3 heterocycles. The van der Waals surface area contributed by atoms with Crippen molar-refractivity contribution >= 4 is 28.5 Å². The summed E-state index contributed by atoms with van der Waals surface area (Å²) in [5, 5.41) is 7.48. The summed E-state index contributed by atoms with van der Waals surface area (Å²) in [5.41, 5.74) is 0.744. The number of amides is 1. The molecule has 8 nitrogen and oxygen atoms in total. The molecule has 0 aliphatic carbocycles. The number of hydrogen-bond donors (Lipinski definition) is 1. The van der Waals surface area contributed by atoms with Gasteiger partial charge in [0.1, 0.15) is 5.82 Å². The average Bonchev–Trinajstić information content (AvgIpc) is 3.15. The van der Waals surface area contributed by atoms with Crippen LogP contribution in [0.4, 0.5) is 11.0 Å². The second kappa shape index (κ2) is 6.63. The minimum absolute atomic E-state index is 0.0821. The van der Waals surface area contributed by atoms with E-state index in [1.165, 1.54) is 11.5 Å². The van der Waals surface area contributed by atoms with E-state index in [1.807, 2.05) is 20.8 Å². The molecule has 0 aromatic carbocycles. The molecule has 0 radical (unpaired) electrons. The zero-order chi connectivity index (χ0) is 16.4. The summed E-state index contributed by atoms with van der Waals surface area (Å²) in [7, 11) is 0. The van der Waals surface area contributed by atoms with Crippen molar-refractivity contribution in [2.24, 2.45) is 0 Å². The monoisotopic (exact) mass is 336 g/mol. The predicted molar refractivity (Wildman–Crippen MR) is 87.8 cm³/mol. The zero-order valence-electron chi connectivity index (χ0n) is 13.4. The Kier molecular flexibility index (Phi) is 4.58. The van der Waals surface area contributed by atoms with Gasteiger partial charge in [0.15, 0.2) is 0 Å². The van der Waals surface area contributed by atoms with E-state index < -0.39 is 0 Å². The molecule has 2 aromatic heterocycles. The fourth-order valence-electron chi connectivity index (χ4n) is 2.53. The number of carbonyl (C=O) groups is 1. The first-order valence-electron chi connectivity index (χ1n) is 7.56. The van der Waals surface area contributed by atoms with E-state index in [2.05, 4.69) is 29.6 Å². The Morgan fingerprint density at radius 1 is 1.35 bits per heavy atom. The second-order valence-electron chi connectivity index (χ2n) is 5.64. The second-order valence-corrected chi connectivity index (χ2v) is 6.38. The molecule has 1 saturated heterocycles. The molecule has 1 fully saturated rings. The van der Waals surface area contributed by atoms with Gasteiger partial charge in [-0.15, -0.1) is 0 Å². The van der Waals surface area contributed by atoms with E-state index in [0.717, 1.165) is 42.8 Å². The van der Waals surface area contributed by atoms with Gasteiger partial charge < -0.3 is 9.42 Å². The number of aromatic nitrogens is 3. The first-order chi connectivity index (χ1) is 11.0. The number of carbonyl (C=O) groups excluding carboxylic acids is 1. The smallest absolute Gasteiger partial charge is 0.243 e. The Morgan fingerprint density at radius 2 is 2.09 bits per heavy atom. The number of aryl methyl sites for hydroxylation is 2. The van der Waals surface area contributed by atoms with Crippen LogP contribution in [0.2, 0.25) is 0 Å². The number of rotatable bonds is 4. The van der Waals surface area contributed by atoms with E-state index in [0.29, 0.717) is 5.88 Å². The van der Waals surface area contributed by atoms with Crippen molar-refractivity contribution in [2.45, 2.75) is 26.8 Å². The lowest BCUT2D eigenvalue weighted by Crippen LogP contribution is -2.52. The highest BCUT2D eigenvalue weighted by Crippen LogP contribution is 2.19. The van der Waals surface area contributed by atoms with Crippen LogP contribution in [0.3, 0.4) is 0 Å². The molecule has 1 amide bonds. The maximum Gasteiger partial charge on any atom is 0.243 e. The van der Waals surface area contributed by atoms with E-state index >= 15 is 0 Å². The van der Waals surface area contributed by atoms with Crippen molar-refractivity contribution in [2.75, 3.05) is 36.4 Å². The average molecular weight is 336 g/mol. The molecule has 1 atom stereocenters. The van der Waals surface area contributed by atoms with Crippen LogP contribution in [0.15, 0.2) is 10.6 Å². The van der Waals surface area contributed by atoms with Gasteiger partial charge in [-0.2, -0.15) is 4.37 Å². The largest absolute Gasteiger partial charge is 0.344 e. The van der Waals surface area contributed by atoms with Gasteiger partial charge in [0.05, 0.1) is 11.7 Å². The van der Waals surface area contributed by atoms with Gasteiger partial charge in [0, 0.05) is 43.8 Å². The summed E-state index contributed by atoms with van der Waals surface area (Å²) in [6, 6.07) is 1.49. The molecule has 0 unspecified atom stereocenters. The van der Waals surface area contributed by atoms with E-state index in [1.54, 1.807) is 6.07 Å². The van der Waals surface area contributed by atoms with Crippen molar-refractivity contribution in [3.05, 3.63) is 17.6 Å². The number of nitrogens with zero attached hydrogens (tertiary/aromatic N) is 5. The van der Waals surface area contributed by atoms with Crippen LogP contribution in [-0.2, 0) is 4.79 Å². The Bertz CT molecular complexity index is 676. The Balaban J connectivity index is 1.53. The minimum Gasteiger partial charge on any atom is -0.344 e. The Morgan fingerprint density at radius 3 is 2.65 bits per heavy atom. The van der Waals surface area contributed by atoms with Crippen LogP contribution in [0.5, 0.6) is 0 Å². The van der Waals surface area contributed by atoms with Gasteiger partial charge in [-0.3, -0.25) is 15.0 Å². The first kappa shape index (κ1) is 15.9. The highest BCUT2D eigenvalue weighted by atomic mass is 32.1. The number of anilines is 2. The summed E-state index contributed by atoms with van der Waals surface area (Å²) in [6.45, 7) is 8.92. The normalized spacial score (nSPS) is 17.3. The third-order valence-corrected chi connectivity index (χ3v) is 4.77. The maximum absolute atomic E-state index is 12.3. The molecule has 124 valence electrons. The highest BCUT2D eigenvalue weighted by Gasteiger charge is 2.27. The van der Waals surface area contributed by atoms with Crippen LogP contribution < -0.4 is 10.2 Å². The molecular weight excluding hydrogens is 316 g/mol. The summed E-state index contributed by atoms with van der Waals surface area (Å²) < 4.78 is 9.24. The van der Waals surface area contributed by atoms with Gasteiger partial charge >= 0.3 is 0 Å². The van der Waals surface area contributed by atoms with Gasteiger partial charge in [-0.05, 0) is 20.8 Å². The quantitative estimate of drug-likeness (QED) is 0.900. The Hall–Kier alpha value is -2.00. The third-order valence-electron chi connectivity index (χ3n) is 3.90. The topological polar surface area (TPSA) is 87.4 Å². The molecule has 1 N–H and O–H groups in total. The molecule has 23 heavy (non-hydrogen) atoms. The summed E-state index contributed by atoms with van der Waals surface area (Å²) >= 11 is 1.42. The third kappa shape index (κ3) is 3.67.